The number of aliphatic hydroxyl groups excluding tert-OH is 6. The number of aromatic nitrogens is 2. The smallest absolute Gasteiger partial charge is 0.394 e. The second-order valence-corrected chi connectivity index (χ2v) is 10.7. The van der Waals surface area contributed by atoms with Gasteiger partial charge < -0.3 is 54.8 Å². The number of rotatable bonds is 8. The molecule has 0 saturated carbocycles. The van der Waals surface area contributed by atoms with Gasteiger partial charge in [0.25, 0.3) is 5.56 Å². The van der Waals surface area contributed by atoms with E-state index >= 15 is 0 Å². The van der Waals surface area contributed by atoms with Gasteiger partial charge in [0.1, 0.15) is 54.9 Å². The van der Waals surface area contributed by atoms with E-state index in [1.165, 1.54) is 0 Å². The highest BCUT2D eigenvalue weighted by Crippen LogP contribution is 2.59. The summed E-state index contributed by atoms with van der Waals surface area (Å²) in [6, 6.07) is 0.860. The minimum absolute atomic E-state index is 0.615. The Kier molecular flexibility index (Phi) is 8.73. The SMILES string of the molecule is O=c1ccn([C@@H]2O[C@H]([C@H](OP(=O)(O)OP(=O)(O)O)[C@H]3O[C@H](CO)[C@@H](O)[C@H](O)[C@H]3O)[C@@H](O)[C@H]2O)c(=O)[nH]1. The number of hydrogen-bond donors (Lipinski definition) is 10. The zero-order valence-electron chi connectivity index (χ0n) is 17.8. The fourth-order valence-corrected chi connectivity index (χ4v) is 5.61. The molecule has 36 heavy (non-hydrogen) atoms. The molecule has 10 N–H and O–H groups in total. The van der Waals surface area contributed by atoms with Crippen molar-refractivity contribution in [2.75, 3.05) is 6.61 Å². The van der Waals surface area contributed by atoms with Crippen molar-refractivity contribution in [2.24, 2.45) is 0 Å². The topological polar surface area (TPSA) is 308 Å². The van der Waals surface area contributed by atoms with E-state index in [4.69, 9.17) is 23.8 Å². The summed E-state index contributed by atoms with van der Waals surface area (Å²) in [7, 11) is -11.5. The van der Waals surface area contributed by atoms with Crippen LogP contribution in [0.4, 0.5) is 0 Å². The first-order valence-electron chi connectivity index (χ1n) is 9.98. The summed E-state index contributed by atoms with van der Waals surface area (Å²) in [6.07, 6.45) is -19.2. The lowest BCUT2D eigenvalue weighted by molar-refractivity contribution is -0.260. The van der Waals surface area contributed by atoms with Gasteiger partial charge in [-0.2, -0.15) is 4.31 Å². The lowest BCUT2D eigenvalue weighted by Gasteiger charge is -2.44. The van der Waals surface area contributed by atoms with Crippen molar-refractivity contribution in [3.63, 3.8) is 0 Å². The van der Waals surface area contributed by atoms with Crippen LogP contribution in [0, 0.1) is 0 Å². The van der Waals surface area contributed by atoms with Gasteiger partial charge in [0.2, 0.25) is 0 Å². The largest absolute Gasteiger partial charge is 0.481 e. The predicted molar refractivity (Wildman–Crippen MR) is 109 cm³/mol. The van der Waals surface area contributed by atoms with Crippen molar-refractivity contribution in [2.45, 2.75) is 61.2 Å². The molecule has 0 aliphatic carbocycles. The van der Waals surface area contributed by atoms with Crippen molar-refractivity contribution in [3.05, 3.63) is 33.1 Å². The van der Waals surface area contributed by atoms with Gasteiger partial charge in [0, 0.05) is 12.3 Å². The van der Waals surface area contributed by atoms with Crippen LogP contribution in [0.1, 0.15) is 6.23 Å². The summed E-state index contributed by atoms with van der Waals surface area (Å²) in [4.78, 5) is 52.9. The average molecular weight is 566 g/mol. The van der Waals surface area contributed by atoms with Gasteiger partial charge >= 0.3 is 21.3 Å². The predicted octanol–water partition coefficient (Wildman–Crippen LogP) is -5.41. The number of phosphoric ester groups is 1. The van der Waals surface area contributed by atoms with Crippen molar-refractivity contribution in [3.8, 4) is 0 Å². The van der Waals surface area contributed by atoms with Crippen LogP contribution in [0.2, 0.25) is 0 Å². The second-order valence-electron chi connectivity index (χ2n) is 7.89. The Morgan fingerprint density at radius 3 is 2.08 bits per heavy atom. The molecule has 2 aliphatic heterocycles. The summed E-state index contributed by atoms with van der Waals surface area (Å²) in [5, 5.41) is 61.0. The van der Waals surface area contributed by atoms with E-state index < -0.39 is 94.7 Å². The molecule has 3 heterocycles. The average Bonchev–Trinajstić information content (AvgIpc) is 3.04. The quantitative estimate of drug-likeness (QED) is 0.131. The minimum Gasteiger partial charge on any atom is -0.394 e. The van der Waals surface area contributed by atoms with E-state index in [0.717, 1.165) is 12.3 Å². The number of hydrogen-bond acceptors (Lipinski definition) is 14. The number of ether oxygens (including phenoxy) is 2. The number of aliphatic hydroxyl groups is 6. The first-order valence-corrected chi connectivity index (χ1v) is 13.0. The normalized spacial score (nSPS) is 38.0. The van der Waals surface area contributed by atoms with E-state index in [-0.39, 0.29) is 0 Å². The van der Waals surface area contributed by atoms with Gasteiger partial charge in [0.05, 0.1) is 6.61 Å². The Labute approximate surface area is 199 Å². The molecule has 1 aromatic rings. The van der Waals surface area contributed by atoms with E-state index in [2.05, 4.69) is 4.31 Å². The van der Waals surface area contributed by atoms with E-state index in [9.17, 15) is 54.3 Å². The molecule has 0 radical (unpaired) electrons. The number of phosphoric acid groups is 2. The fraction of sp³-hybridized carbons (Fsp3) is 0.733. The van der Waals surface area contributed by atoms with Crippen LogP contribution < -0.4 is 11.2 Å². The first-order chi connectivity index (χ1) is 16.6. The zero-order chi connectivity index (χ0) is 27.2. The summed E-state index contributed by atoms with van der Waals surface area (Å²) >= 11 is 0. The molecule has 21 heteroatoms. The molecule has 1 unspecified atom stereocenters. The van der Waals surface area contributed by atoms with Gasteiger partial charge in [-0.3, -0.25) is 18.9 Å². The Balaban J connectivity index is 2.02. The molecule has 0 bridgehead atoms. The molecule has 19 nitrogen and oxygen atoms in total. The van der Waals surface area contributed by atoms with E-state index in [0.29, 0.717) is 4.57 Å². The van der Waals surface area contributed by atoms with Crippen LogP contribution >= 0.6 is 15.6 Å². The molecular weight excluding hydrogens is 542 g/mol. The van der Waals surface area contributed by atoms with Crippen molar-refractivity contribution < 1.29 is 72.8 Å². The highest BCUT2D eigenvalue weighted by atomic mass is 31.3. The minimum atomic E-state index is -5.78. The molecule has 2 aliphatic rings. The van der Waals surface area contributed by atoms with Crippen LogP contribution in [-0.4, -0.2) is 116 Å². The van der Waals surface area contributed by atoms with Crippen molar-refractivity contribution in [1.82, 2.24) is 9.55 Å². The highest BCUT2D eigenvalue weighted by Gasteiger charge is 2.57. The first kappa shape index (κ1) is 29.2. The molecule has 11 atom stereocenters. The fourth-order valence-electron chi connectivity index (χ4n) is 3.83. The van der Waals surface area contributed by atoms with Gasteiger partial charge in [0.15, 0.2) is 6.23 Å². The number of H-pyrrole nitrogens is 1. The molecule has 0 spiro atoms. The third-order valence-electron chi connectivity index (χ3n) is 5.44. The van der Waals surface area contributed by atoms with Crippen LogP contribution in [-0.2, 0) is 27.4 Å². The van der Waals surface area contributed by atoms with Crippen LogP contribution in [0.3, 0.4) is 0 Å². The van der Waals surface area contributed by atoms with Gasteiger partial charge in [-0.1, -0.05) is 0 Å². The highest BCUT2D eigenvalue weighted by molar-refractivity contribution is 7.60. The van der Waals surface area contributed by atoms with Gasteiger partial charge in [-0.05, 0) is 0 Å². The van der Waals surface area contributed by atoms with E-state index in [1.54, 1.807) is 0 Å². The number of nitrogens with zero attached hydrogens (tertiary/aromatic N) is 1. The molecule has 3 rings (SSSR count). The molecule has 206 valence electrons. The van der Waals surface area contributed by atoms with E-state index in [1.807, 2.05) is 4.98 Å². The molecule has 0 aromatic carbocycles. The Morgan fingerprint density at radius 2 is 1.53 bits per heavy atom. The maximum Gasteiger partial charge on any atom is 0.481 e. The Hall–Kier alpha value is -1.38. The van der Waals surface area contributed by atoms with Gasteiger partial charge in [-0.25, -0.2) is 13.9 Å². The number of nitrogens with one attached hydrogen (secondary N) is 1. The Morgan fingerprint density at radius 1 is 0.944 bits per heavy atom. The maximum atomic E-state index is 12.3. The van der Waals surface area contributed by atoms with Crippen molar-refractivity contribution >= 4 is 15.6 Å². The molecule has 2 fully saturated rings. The summed E-state index contributed by atoms with van der Waals surface area (Å²) in [5.74, 6) is 0. The van der Waals surface area contributed by atoms with Crippen molar-refractivity contribution in [1.29, 1.82) is 0 Å². The summed E-state index contributed by atoms with van der Waals surface area (Å²) in [6.45, 7) is -0.962. The molecular formula is C15H24N2O17P2. The number of aromatic amines is 1. The molecule has 0 amide bonds. The Bertz CT molecular complexity index is 1130. The zero-order valence-corrected chi connectivity index (χ0v) is 19.6. The molecule has 1 aromatic heterocycles. The molecule has 2 saturated heterocycles. The summed E-state index contributed by atoms with van der Waals surface area (Å²) in [5.41, 5.74) is -1.93. The summed E-state index contributed by atoms with van der Waals surface area (Å²) < 4.78 is 43.1. The van der Waals surface area contributed by atoms with Crippen LogP contribution in [0.15, 0.2) is 21.9 Å². The standard InChI is InChI=1S/C15H24N2O17P2/c18-3-4-6(20)7(21)8(22)11(31-4)13(33-36(29,30)34-35(26,27)28)12-9(23)10(24)14(32-12)17-2-1-5(19)16-15(17)25/h1-2,4,6-14,18,20-24H,3H2,(H,29,30)(H,16,19,25)(H2,26,27,28)/t4-,6-,7+,8-,9+,10-,11+,12+,13-,14-/m1/s1. The lowest BCUT2D eigenvalue weighted by Crippen LogP contribution is -2.64. The maximum absolute atomic E-state index is 12.3. The second kappa shape index (κ2) is 10.8. The third-order valence-corrected chi connectivity index (χ3v) is 7.63. The third kappa shape index (κ3) is 6.18. The van der Waals surface area contributed by atoms with Gasteiger partial charge in [-0.15, -0.1) is 0 Å². The van der Waals surface area contributed by atoms with Crippen LogP contribution in [0.5, 0.6) is 0 Å². The lowest BCUT2D eigenvalue weighted by atomic mass is 9.89. The monoisotopic (exact) mass is 566 g/mol. The van der Waals surface area contributed by atoms with Crippen LogP contribution in [0.25, 0.3) is 0 Å².